The van der Waals surface area contributed by atoms with Crippen LogP contribution in [0.4, 0.5) is 10.5 Å². The Labute approximate surface area is 189 Å². The summed E-state index contributed by atoms with van der Waals surface area (Å²) in [6.07, 6.45) is 3.81. The van der Waals surface area contributed by atoms with Gasteiger partial charge in [0.2, 0.25) is 0 Å². The lowest BCUT2D eigenvalue weighted by molar-refractivity contribution is 0.0206. The van der Waals surface area contributed by atoms with Crippen molar-refractivity contribution >= 4 is 22.7 Å². The molecule has 0 unspecified atom stereocenters. The average Bonchev–Trinajstić information content (AvgIpc) is 3.15. The third kappa shape index (κ3) is 5.52. The van der Waals surface area contributed by atoms with Gasteiger partial charge in [-0.25, -0.2) is 4.79 Å². The molecule has 1 saturated heterocycles. The largest absolute Gasteiger partial charge is 0.497 e. The summed E-state index contributed by atoms with van der Waals surface area (Å²) < 4.78 is 12.7. The monoisotopic (exact) mass is 436 g/mol. The van der Waals surface area contributed by atoms with Gasteiger partial charge in [0.1, 0.15) is 11.4 Å². The fourth-order valence-electron chi connectivity index (χ4n) is 3.99. The smallest absolute Gasteiger partial charge is 0.410 e. The summed E-state index contributed by atoms with van der Waals surface area (Å²) in [5.74, 6) is 0.850. The van der Waals surface area contributed by atoms with Gasteiger partial charge >= 0.3 is 6.09 Å². The molecule has 170 valence electrons. The Balaban J connectivity index is 1.40. The van der Waals surface area contributed by atoms with E-state index >= 15 is 0 Å². The highest BCUT2D eigenvalue weighted by Crippen LogP contribution is 2.23. The Kier molecular flexibility index (Phi) is 6.26. The van der Waals surface area contributed by atoms with Crippen molar-refractivity contribution in [2.75, 3.05) is 25.5 Å². The maximum atomic E-state index is 12.4. The molecule has 3 aromatic rings. The topological polar surface area (TPSA) is 68.6 Å². The number of benzene rings is 2. The molecule has 1 amide bonds. The SMILES string of the molecule is COc1ccc(Cn2cc3cc(N[C@@H]4CCCN(C(=O)OC(C)(C)C)C4)ccc3n2)cc1. The van der Waals surface area contributed by atoms with E-state index in [4.69, 9.17) is 14.6 Å². The van der Waals surface area contributed by atoms with Crippen molar-refractivity contribution in [3.63, 3.8) is 0 Å². The summed E-state index contributed by atoms with van der Waals surface area (Å²) in [4.78, 5) is 14.2. The summed E-state index contributed by atoms with van der Waals surface area (Å²) in [7, 11) is 1.67. The van der Waals surface area contributed by atoms with Gasteiger partial charge in [0.05, 0.1) is 19.2 Å². The summed E-state index contributed by atoms with van der Waals surface area (Å²) in [5.41, 5.74) is 2.69. The van der Waals surface area contributed by atoms with E-state index in [0.29, 0.717) is 13.1 Å². The number of ether oxygens (including phenoxy) is 2. The number of hydrogen-bond donors (Lipinski definition) is 1. The number of nitrogens with one attached hydrogen (secondary N) is 1. The van der Waals surface area contributed by atoms with Crippen LogP contribution in [-0.4, -0.2) is 52.6 Å². The zero-order valence-electron chi connectivity index (χ0n) is 19.3. The minimum atomic E-state index is -0.478. The molecule has 1 aliphatic rings. The molecule has 0 aliphatic carbocycles. The number of methoxy groups -OCH3 is 1. The third-order valence-electron chi connectivity index (χ3n) is 5.50. The highest BCUT2D eigenvalue weighted by molar-refractivity contribution is 5.82. The molecule has 7 heteroatoms. The molecule has 0 spiro atoms. The lowest BCUT2D eigenvalue weighted by Crippen LogP contribution is -2.46. The number of rotatable bonds is 5. The van der Waals surface area contributed by atoms with Crippen molar-refractivity contribution < 1.29 is 14.3 Å². The van der Waals surface area contributed by atoms with E-state index in [-0.39, 0.29) is 12.1 Å². The Morgan fingerprint density at radius 2 is 1.97 bits per heavy atom. The second kappa shape index (κ2) is 9.10. The number of carbonyl (C=O) groups is 1. The predicted octanol–water partition coefficient (Wildman–Crippen LogP) is 4.90. The number of fused-ring (bicyclic) bond motifs is 1. The van der Waals surface area contributed by atoms with Crippen LogP contribution in [0.15, 0.2) is 48.7 Å². The molecule has 32 heavy (non-hydrogen) atoms. The molecule has 2 aromatic carbocycles. The van der Waals surface area contributed by atoms with Crippen LogP contribution in [0.5, 0.6) is 5.75 Å². The molecule has 2 heterocycles. The first-order valence-electron chi connectivity index (χ1n) is 11.1. The minimum Gasteiger partial charge on any atom is -0.497 e. The van der Waals surface area contributed by atoms with Gasteiger partial charge in [0, 0.05) is 36.4 Å². The number of carbonyl (C=O) groups excluding carboxylic acids is 1. The minimum absolute atomic E-state index is 0.197. The Hall–Kier alpha value is -3.22. The molecule has 0 bridgehead atoms. The van der Waals surface area contributed by atoms with E-state index in [1.54, 1.807) is 12.0 Å². The summed E-state index contributed by atoms with van der Waals surface area (Å²) >= 11 is 0. The van der Waals surface area contributed by atoms with Crippen molar-refractivity contribution in [1.29, 1.82) is 0 Å². The maximum Gasteiger partial charge on any atom is 0.410 e. The van der Waals surface area contributed by atoms with Crippen molar-refractivity contribution in [3.8, 4) is 5.75 Å². The quantitative estimate of drug-likeness (QED) is 0.616. The van der Waals surface area contributed by atoms with E-state index in [0.717, 1.165) is 41.7 Å². The molecule has 1 fully saturated rings. The number of likely N-dealkylation sites (tertiary alicyclic amines) is 1. The maximum absolute atomic E-state index is 12.4. The summed E-state index contributed by atoms with van der Waals surface area (Å²) in [6.45, 7) is 7.78. The van der Waals surface area contributed by atoms with Gasteiger partial charge in [-0.15, -0.1) is 0 Å². The number of amides is 1. The molecular formula is C25H32N4O3. The van der Waals surface area contributed by atoms with Crippen LogP contribution in [0, 0.1) is 0 Å². The van der Waals surface area contributed by atoms with Crippen molar-refractivity contribution in [3.05, 3.63) is 54.2 Å². The summed E-state index contributed by atoms with van der Waals surface area (Å²) in [5, 5.41) is 9.37. The predicted molar refractivity (Wildman–Crippen MR) is 126 cm³/mol. The fourth-order valence-corrected chi connectivity index (χ4v) is 3.99. The van der Waals surface area contributed by atoms with E-state index in [1.165, 1.54) is 5.56 Å². The Bertz CT molecular complexity index is 1070. The first-order valence-corrected chi connectivity index (χ1v) is 11.1. The van der Waals surface area contributed by atoms with Gasteiger partial charge in [-0.3, -0.25) is 4.68 Å². The second-order valence-corrected chi connectivity index (χ2v) is 9.36. The number of hydrogen-bond acceptors (Lipinski definition) is 5. The molecule has 1 N–H and O–H groups in total. The molecule has 1 aliphatic heterocycles. The van der Waals surface area contributed by atoms with Gasteiger partial charge in [-0.05, 0) is 69.5 Å². The number of aromatic nitrogens is 2. The van der Waals surface area contributed by atoms with Gasteiger partial charge in [-0.1, -0.05) is 12.1 Å². The number of nitrogens with zero attached hydrogens (tertiary/aromatic N) is 3. The third-order valence-corrected chi connectivity index (χ3v) is 5.50. The molecule has 0 radical (unpaired) electrons. The van der Waals surface area contributed by atoms with E-state index in [1.807, 2.05) is 43.7 Å². The molecule has 1 aromatic heterocycles. The van der Waals surface area contributed by atoms with E-state index < -0.39 is 5.60 Å². The van der Waals surface area contributed by atoms with E-state index in [2.05, 4.69) is 35.8 Å². The van der Waals surface area contributed by atoms with Gasteiger partial charge in [-0.2, -0.15) is 5.10 Å². The lowest BCUT2D eigenvalue weighted by atomic mass is 10.1. The Morgan fingerprint density at radius 3 is 2.69 bits per heavy atom. The number of piperidine rings is 1. The number of anilines is 1. The highest BCUT2D eigenvalue weighted by atomic mass is 16.6. The first-order chi connectivity index (χ1) is 15.3. The first kappa shape index (κ1) is 22.0. The zero-order chi connectivity index (χ0) is 22.7. The van der Waals surface area contributed by atoms with Crippen LogP contribution in [0.25, 0.3) is 10.9 Å². The average molecular weight is 437 g/mol. The highest BCUT2D eigenvalue weighted by Gasteiger charge is 2.27. The van der Waals surface area contributed by atoms with Gasteiger partial charge in [0.25, 0.3) is 0 Å². The molecule has 0 saturated carbocycles. The van der Waals surface area contributed by atoms with Crippen LogP contribution in [-0.2, 0) is 11.3 Å². The molecular weight excluding hydrogens is 404 g/mol. The second-order valence-electron chi connectivity index (χ2n) is 9.36. The van der Waals surface area contributed by atoms with Crippen LogP contribution >= 0.6 is 0 Å². The standard InChI is InChI=1S/C25H32N4O3/c1-25(2,3)32-24(30)28-13-5-6-21(17-28)26-20-9-12-23-19(14-20)16-29(27-23)15-18-7-10-22(31-4)11-8-18/h7-12,14,16,21,26H,5-6,13,15,17H2,1-4H3/t21-/m1/s1. The van der Waals surface area contributed by atoms with E-state index in [9.17, 15) is 4.79 Å². The van der Waals surface area contributed by atoms with Crippen molar-refractivity contribution in [2.24, 2.45) is 0 Å². The van der Waals surface area contributed by atoms with Crippen molar-refractivity contribution in [2.45, 2.75) is 51.8 Å². The molecule has 7 nitrogen and oxygen atoms in total. The van der Waals surface area contributed by atoms with Gasteiger partial charge in [0.15, 0.2) is 0 Å². The molecule has 4 rings (SSSR count). The van der Waals surface area contributed by atoms with Crippen LogP contribution in [0.3, 0.4) is 0 Å². The van der Waals surface area contributed by atoms with Crippen LogP contribution in [0.1, 0.15) is 39.2 Å². The normalized spacial score (nSPS) is 16.8. The van der Waals surface area contributed by atoms with Crippen molar-refractivity contribution in [1.82, 2.24) is 14.7 Å². The lowest BCUT2D eigenvalue weighted by Gasteiger charge is -2.34. The van der Waals surface area contributed by atoms with Gasteiger partial charge < -0.3 is 19.7 Å². The molecule has 1 atom stereocenters. The van der Waals surface area contributed by atoms with Crippen LogP contribution < -0.4 is 10.1 Å². The van der Waals surface area contributed by atoms with Crippen LogP contribution in [0.2, 0.25) is 0 Å². The zero-order valence-corrected chi connectivity index (χ0v) is 19.3. The fraction of sp³-hybridized carbons (Fsp3) is 0.440. The summed E-state index contributed by atoms with van der Waals surface area (Å²) in [6, 6.07) is 14.4. The Morgan fingerprint density at radius 1 is 1.19 bits per heavy atom.